The van der Waals surface area contributed by atoms with E-state index < -0.39 is 9.24 Å². The van der Waals surface area contributed by atoms with Crippen LogP contribution in [-0.4, -0.2) is 50.8 Å². The van der Waals surface area contributed by atoms with E-state index in [4.69, 9.17) is 10.7 Å². The monoisotopic (exact) mass is 240 g/mol. The summed E-state index contributed by atoms with van der Waals surface area (Å²) in [6.07, 6.45) is 3.24. The first kappa shape index (κ1) is 12.2. The van der Waals surface area contributed by atoms with Crippen molar-refractivity contribution in [2.24, 2.45) is 0 Å². The molecule has 84 valence electrons. The molecule has 1 saturated carbocycles. The molecule has 0 bridgehead atoms. The summed E-state index contributed by atoms with van der Waals surface area (Å²) in [5, 5.41) is 0. The molecule has 0 aromatic carbocycles. The first-order valence-electron chi connectivity index (χ1n) is 4.61. The number of hydrogen-bond acceptors (Lipinski definition) is 3. The van der Waals surface area contributed by atoms with Crippen molar-refractivity contribution in [3.05, 3.63) is 0 Å². The predicted octanol–water partition coefficient (Wildman–Crippen LogP) is 0.886. The van der Waals surface area contributed by atoms with E-state index in [0.29, 0.717) is 6.54 Å². The maximum atomic E-state index is 11.0. The van der Waals surface area contributed by atoms with E-state index >= 15 is 0 Å². The molecule has 0 heterocycles. The number of nitrogens with zero attached hydrogens (tertiary/aromatic N) is 2. The SMILES string of the molecule is CN(C)C1(CN(C)S(=O)(=O)Cl)CCC1. The zero-order chi connectivity index (χ0) is 11.0. The van der Waals surface area contributed by atoms with Crippen LogP contribution in [0.2, 0.25) is 0 Å². The Morgan fingerprint density at radius 3 is 2.00 bits per heavy atom. The lowest BCUT2D eigenvalue weighted by Gasteiger charge is -2.48. The molecule has 0 atom stereocenters. The molecule has 0 aromatic rings. The molecule has 6 heteroatoms. The van der Waals surface area contributed by atoms with Crippen molar-refractivity contribution in [1.29, 1.82) is 0 Å². The lowest BCUT2D eigenvalue weighted by atomic mass is 9.75. The lowest BCUT2D eigenvalue weighted by molar-refractivity contribution is 0.0459. The molecule has 0 aliphatic heterocycles. The van der Waals surface area contributed by atoms with Crippen LogP contribution in [0.15, 0.2) is 0 Å². The van der Waals surface area contributed by atoms with Crippen LogP contribution in [0.25, 0.3) is 0 Å². The first-order chi connectivity index (χ1) is 6.28. The number of rotatable bonds is 4. The van der Waals surface area contributed by atoms with Crippen LogP contribution >= 0.6 is 10.7 Å². The second-order valence-electron chi connectivity index (χ2n) is 4.17. The smallest absolute Gasteiger partial charge is 0.299 e. The average Bonchev–Trinajstić information content (AvgIpc) is 1.93. The van der Waals surface area contributed by atoms with E-state index in [1.807, 2.05) is 14.1 Å². The third-order valence-corrected chi connectivity index (χ3v) is 4.70. The summed E-state index contributed by atoms with van der Waals surface area (Å²) in [6.45, 7) is 0.478. The second kappa shape index (κ2) is 3.96. The fraction of sp³-hybridized carbons (Fsp3) is 1.00. The standard InChI is InChI=1S/C8H17ClN2O2S/c1-10(2)8(5-4-6-8)7-11(3)14(9,12)13/h4-7H2,1-3H3. The highest BCUT2D eigenvalue weighted by Crippen LogP contribution is 2.37. The quantitative estimate of drug-likeness (QED) is 0.686. The van der Waals surface area contributed by atoms with Crippen molar-refractivity contribution < 1.29 is 8.42 Å². The Kier molecular flexibility index (Phi) is 3.46. The third-order valence-electron chi connectivity index (χ3n) is 3.12. The van der Waals surface area contributed by atoms with E-state index in [0.717, 1.165) is 19.3 Å². The molecule has 0 unspecified atom stereocenters. The lowest BCUT2D eigenvalue weighted by Crippen LogP contribution is -2.57. The van der Waals surface area contributed by atoms with Crippen molar-refractivity contribution in [2.45, 2.75) is 24.8 Å². The van der Waals surface area contributed by atoms with Crippen LogP contribution in [0.3, 0.4) is 0 Å². The van der Waals surface area contributed by atoms with Crippen LogP contribution in [-0.2, 0) is 9.24 Å². The van der Waals surface area contributed by atoms with Gasteiger partial charge in [-0.05, 0) is 33.4 Å². The van der Waals surface area contributed by atoms with Gasteiger partial charge in [0.05, 0.1) is 0 Å². The molecule has 1 rings (SSSR count). The molecule has 0 saturated heterocycles. The van der Waals surface area contributed by atoms with Crippen molar-refractivity contribution in [3.8, 4) is 0 Å². The second-order valence-corrected chi connectivity index (χ2v) is 6.79. The van der Waals surface area contributed by atoms with E-state index in [1.54, 1.807) is 0 Å². The van der Waals surface area contributed by atoms with Gasteiger partial charge < -0.3 is 4.90 Å². The minimum Gasteiger partial charge on any atom is -0.302 e. The molecular formula is C8H17ClN2O2S. The highest BCUT2D eigenvalue weighted by Gasteiger charge is 2.41. The van der Waals surface area contributed by atoms with Gasteiger partial charge in [0.2, 0.25) is 0 Å². The summed E-state index contributed by atoms with van der Waals surface area (Å²) in [5.41, 5.74) is -0.00326. The van der Waals surface area contributed by atoms with Gasteiger partial charge in [-0.25, -0.2) is 0 Å². The van der Waals surface area contributed by atoms with Crippen molar-refractivity contribution >= 4 is 19.9 Å². The molecule has 14 heavy (non-hydrogen) atoms. The molecule has 0 aromatic heterocycles. The number of halogens is 1. The molecule has 4 nitrogen and oxygen atoms in total. The van der Waals surface area contributed by atoms with Crippen LogP contribution in [0.4, 0.5) is 0 Å². The van der Waals surface area contributed by atoms with Gasteiger partial charge in [0.15, 0.2) is 0 Å². The molecule has 0 N–H and O–H groups in total. The zero-order valence-electron chi connectivity index (χ0n) is 8.83. The van der Waals surface area contributed by atoms with Gasteiger partial charge in [-0.2, -0.15) is 12.7 Å². The summed E-state index contributed by atoms with van der Waals surface area (Å²) < 4.78 is 23.3. The van der Waals surface area contributed by atoms with E-state index in [9.17, 15) is 8.42 Å². The van der Waals surface area contributed by atoms with Gasteiger partial charge in [0, 0.05) is 29.8 Å². The molecule has 0 spiro atoms. The Hall–Kier alpha value is 0.160. The Labute approximate surface area is 90.4 Å². The van der Waals surface area contributed by atoms with Gasteiger partial charge >= 0.3 is 0 Å². The topological polar surface area (TPSA) is 40.6 Å². The minimum atomic E-state index is -3.57. The van der Waals surface area contributed by atoms with Gasteiger partial charge in [-0.1, -0.05) is 0 Å². The molecule has 1 aliphatic carbocycles. The number of hydrogen-bond donors (Lipinski definition) is 0. The van der Waals surface area contributed by atoms with Gasteiger partial charge in [0.1, 0.15) is 0 Å². The Balaban J connectivity index is 2.67. The Morgan fingerprint density at radius 1 is 1.29 bits per heavy atom. The van der Waals surface area contributed by atoms with Crippen LogP contribution < -0.4 is 0 Å². The molecule has 0 amide bonds. The van der Waals surface area contributed by atoms with Crippen LogP contribution in [0, 0.1) is 0 Å². The summed E-state index contributed by atoms with van der Waals surface area (Å²) in [7, 11) is 7.17. The average molecular weight is 241 g/mol. The van der Waals surface area contributed by atoms with Crippen molar-refractivity contribution in [2.75, 3.05) is 27.7 Å². The highest BCUT2D eigenvalue weighted by molar-refractivity contribution is 8.11. The molecule has 0 radical (unpaired) electrons. The van der Waals surface area contributed by atoms with Gasteiger partial charge in [-0.15, -0.1) is 0 Å². The first-order valence-corrected chi connectivity index (χ1v) is 6.88. The van der Waals surface area contributed by atoms with Gasteiger partial charge in [-0.3, -0.25) is 0 Å². The molecular weight excluding hydrogens is 224 g/mol. The summed E-state index contributed by atoms with van der Waals surface area (Å²) in [5.74, 6) is 0. The minimum absolute atomic E-state index is 0.00326. The fourth-order valence-electron chi connectivity index (χ4n) is 1.82. The summed E-state index contributed by atoms with van der Waals surface area (Å²) in [4.78, 5) is 2.09. The third kappa shape index (κ3) is 2.39. The summed E-state index contributed by atoms with van der Waals surface area (Å²) in [6, 6.07) is 0. The fourth-order valence-corrected chi connectivity index (χ4v) is 2.36. The van der Waals surface area contributed by atoms with Crippen molar-refractivity contribution in [3.63, 3.8) is 0 Å². The van der Waals surface area contributed by atoms with Crippen LogP contribution in [0.1, 0.15) is 19.3 Å². The van der Waals surface area contributed by atoms with Crippen LogP contribution in [0.5, 0.6) is 0 Å². The normalized spacial score (nSPS) is 21.3. The maximum Gasteiger partial charge on any atom is 0.299 e. The van der Waals surface area contributed by atoms with Crippen molar-refractivity contribution in [1.82, 2.24) is 9.21 Å². The van der Waals surface area contributed by atoms with Gasteiger partial charge in [0.25, 0.3) is 9.24 Å². The predicted molar refractivity (Wildman–Crippen MR) is 57.7 cm³/mol. The summed E-state index contributed by atoms with van der Waals surface area (Å²) >= 11 is 0. The largest absolute Gasteiger partial charge is 0.302 e. The molecule has 1 fully saturated rings. The number of likely N-dealkylation sites (N-methyl/N-ethyl adjacent to an activating group) is 2. The highest BCUT2D eigenvalue weighted by atomic mass is 35.7. The maximum absolute atomic E-state index is 11.0. The van der Waals surface area contributed by atoms with E-state index in [2.05, 4.69) is 4.90 Å². The Morgan fingerprint density at radius 2 is 1.79 bits per heavy atom. The van der Waals surface area contributed by atoms with E-state index in [-0.39, 0.29) is 5.54 Å². The Bertz CT molecular complexity index is 298. The molecule has 1 aliphatic rings. The zero-order valence-corrected chi connectivity index (χ0v) is 10.4. The van der Waals surface area contributed by atoms with E-state index in [1.165, 1.54) is 11.4 Å².